The molecule has 0 bridgehead atoms. The Morgan fingerprint density at radius 2 is 2.19 bits per heavy atom. The van der Waals surface area contributed by atoms with Gasteiger partial charge >= 0.3 is 0 Å². The number of rotatable bonds is 4. The molecular formula is C12H15NO2S. The van der Waals surface area contributed by atoms with Crippen molar-refractivity contribution in [3.05, 3.63) is 24.3 Å². The molecule has 0 aromatic heterocycles. The van der Waals surface area contributed by atoms with Gasteiger partial charge in [0.1, 0.15) is 5.75 Å². The van der Waals surface area contributed by atoms with Gasteiger partial charge in [-0.25, -0.2) is 0 Å². The summed E-state index contributed by atoms with van der Waals surface area (Å²) in [5.74, 6) is 1.42. The lowest BCUT2D eigenvalue weighted by Gasteiger charge is -2.14. The Morgan fingerprint density at radius 3 is 2.88 bits per heavy atom. The number of thioether (sulfide) groups is 1. The Bertz CT molecular complexity index is 381. The molecule has 0 radical (unpaired) electrons. The predicted molar refractivity (Wildman–Crippen MR) is 64.6 cm³/mol. The first-order valence-corrected chi connectivity index (χ1v) is 6.44. The third-order valence-corrected chi connectivity index (χ3v) is 3.70. The smallest absolute Gasteiger partial charge is 0.222 e. The van der Waals surface area contributed by atoms with Crippen LogP contribution in [0.5, 0.6) is 5.75 Å². The van der Waals surface area contributed by atoms with Crippen LogP contribution in [0, 0.1) is 0 Å². The summed E-state index contributed by atoms with van der Waals surface area (Å²) in [7, 11) is 0. The average Bonchev–Trinajstić information content (AvgIpc) is 2.67. The largest absolute Gasteiger partial charge is 0.507 e. The van der Waals surface area contributed by atoms with Crippen molar-refractivity contribution in [2.24, 2.45) is 0 Å². The first kappa shape index (κ1) is 11.3. The first-order chi connectivity index (χ1) is 7.77. The van der Waals surface area contributed by atoms with Gasteiger partial charge in [-0.15, -0.1) is 11.8 Å². The Kier molecular flexibility index (Phi) is 3.72. The Labute approximate surface area is 99.5 Å². The molecule has 1 N–H and O–H groups in total. The second-order valence-electron chi connectivity index (χ2n) is 3.80. The number of amides is 1. The third kappa shape index (κ3) is 2.70. The van der Waals surface area contributed by atoms with E-state index in [2.05, 4.69) is 0 Å². The fourth-order valence-electron chi connectivity index (χ4n) is 1.79. The highest BCUT2D eigenvalue weighted by Crippen LogP contribution is 2.27. The van der Waals surface area contributed by atoms with Crippen LogP contribution in [0.4, 0.5) is 0 Å². The number of benzene rings is 1. The van der Waals surface area contributed by atoms with Gasteiger partial charge in [-0.3, -0.25) is 4.79 Å². The van der Waals surface area contributed by atoms with Crippen LogP contribution in [0.1, 0.15) is 12.8 Å². The number of nitrogens with zero attached hydrogens (tertiary/aromatic N) is 1. The standard InChI is InChI=1S/C12H15NO2S/c14-10-4-1-2-5-11(10)16-9-8-13-7-3-6-12(13)15/h1-2,4-5,14H,3,6-9H2. The summed E-state index contributed by atoms with van der Waals surface area (Å²) in [6.45, 7) is 1.66. The van der Waals surface area contributed by atoms with Gasteiger partial charge in [0.15, 0.2) is 0 Å². The maximum absolute atomic E-state index is 11.4. The van der Waals surface area contributed by atoms with Crippen molar-refractivity contribution in [1.82, 2.24) is 4.90 Å². The fraction of sp³-hybridized carbons (Fsp3) is 0.417. The molecule has 1 aromatic rings. The molecule has 0 aliphatic carbocycles. The Balaban J connectivity index is 1.80. The number of carbonyl (C=O) groups is 1. The fourth-order valence-corrected chi connectivity index (χ4v) is 2.71. The molecule has 4 heteroatoms. The molecule has 1 aliphatic rings. The monoisotopic (exact) mass is 237 g/mol. The van der Waals surface area contributed by atoms with Crippen LogP contribution in [-0.4, -0.2) is 34.8 Å². The van der Waals surface area contributed by atoms with Gasteiger partial charge in [0.2, 0.25) is 5.91 Å². The summed E-state index contributed by atoms with van der Waals surface area (Å²) >= 11 is 1.59. The summed E-state index contributed by atoms with van der Waals surface area (Å²) < 4.78 is 0. The van der Waals surface area contributed by atoms with E-state index in [-0.39, 0.29) is 5.91 Å². The van der Waals surface area contributed by atoms with E-state index in [4.69, 9.17) is 0 Å². The van der Waals surface area contributed by atoms with Gasteiger partial charge in [-0.1, -0.05) is 12.1 Å². The van der Waals surface area contributed by atoms with Crippen molar-refractivity contribution in [2.45, 2.75) is 17.7 Å². The molecule has 0 atom stereocenters. The van der Waals surface area contributed by atoms with Crippen LogP contribution >= 0.6 is 11.8 Å². The van der Waals surface area contributed by atoms with Crippen LogP contribution in [-0.2, 0) is 4.79 Å². The lowest BCUT2D eigenvalue weighted by Crippen LogP contribution is -2.26. The van der Waals surface area contributed by atoms with E-state index in [9.17, 15) is 9.90 Å². The molecule has 1 heterocycles. The first-order valence-electron chi connectivity index (χ1n) is 5.46. The number of likely N-dealkylation sites (tertiary alicyclic amines) is 1. The van der Waals surface area contributed by atoms with Crippen molar-refractivity contribution in [1.29, 1.82) is 0 Å². The summed E-state index contributed by atoms with van der Waals surface area (Å²) in [6.07, 6.45) is 1.68. The summed E-state index contributed by atoms with van der Waals surface area (Å²) in [5.41, 5.74) is 0. The zero-order valence-electron chi connectivity index (χ0n) is 9.06. The SMILES string of the molecule is O=C1CCCN1CCSc1ccccc1O. The molecule has 1 saturated heterocycles. The topological polar surface area (TPSA) is 40.5 Å². The molecule has 2 rings (SSSR count). The van der Waals surface area contributed by atoms with E-state index in [1.807, 2.05) is 23.1 Å². The van der Waals surface area contributed by atoms with Crippen molar-refractivity contribution in [3.8, 4) is 5.75 Å². The zero-order chi connectivity index (χ0) is 11.4. The van der Waals surface area contributed by atoms with Gasteiger partial charge < -0.3 is 10.0 Å². The minimum Gasteiger partial charge on any atom is -0.507 e. The van der Waals surface area contributed by atoms with Gasteiger partial charge in [-0.2, -0.15) is 0 Å². The summed E-state index contributed by atoms with van der Waals surface area (Å²) in [6, 6.07) is 7.29. The maximum Gasteiger partial charge on any atom is 0.222 e. The van der Waals surface area contributed by atoms with E-state index < -0.39 is 0 Å². The number of aromatic hydroxyl groups is 1. The quantitative estimate of drug-likeness (QED) is 0.815. The van der Waals surface area contributed by atoms with Gasteiger partial charge in [0, 0.05) is 30.2 Å². The molecule has 1 aromatic carbocycles. The van der Waals surface area contributed by atoms with Crippen molar-refractivity contribution >= 4 is 17.7 Å². The molecule has 0 unspecified atom stereocenters. The van der Waals surface area contributed by atoms with Crippen LogP contribution in [0.3, 0.4) is 0 Å². The van der Waals surface area contributed by atoms with E-state index >= 15 is 0 Å². The molecule has 86 valence electrons. The van der Waals surface area contributed by atoms with Crippen LogP contribution < -0.4 is 0 Å². The van der Waals surface area contributed by atoms with Crippen molar-refractivity contribution < 1.29 is 9.90 Å². The average molecular weight is 237 g/mol. The lowest BCUT2D eigenvalue weighted by atomic mass is 10.3. The molecule has 0 saturated carbocycles. The van der Waals surface area contributed by atoms with Crippen LogP contribution in [0.25, 0.3) is 0 Å². The van der Waals surface area contributed by atoms with E-state index in [1.165, 1.54) is 0 Å². The third-order valence-electron chi connectivity index (χ3n) is 2.66. The van der Waals surface area contributed by atoms with Crippen molar-refractivity contribution in [3.63, 3.8) is 0 Å². The second kappa shape index (κ2) is 5.25. The molecule has 1 amide bonds. The zero-order valence-corrected chi connectivity index (χ0v) is 9.87. The number of carbonyl (C=O) groups excluding carboxylic acids is 1. The van der Waals surface area contributed by atoms with Gasteiger partial charge in [0.25, 0.3) is 0 Å². The highest BCUT2D eigenvalue weighted by Gasteiger charge is 2.19. The molecule has 16 heavy (non-hydrogen) atoms. The minimum atomic E-state index is 0.262. The predicted octanol–water partition coefficient (Wildman–Crippen LogP) is 2.11. The molecule has 1 aliphatic heterocycles. The Hall–Kier alpha value is -1.16. The minimum absolute atomic E-state index is 0.262. The normalized spacial score (nSPS) is 15.8. The molecular weight excluding hydrogens is 222 g/mol. The van der Waals surface area contributed by atoms with Gasteiger partial charge in [-0.05, 0) is 18.6 Å². The highest BCUT2D eigenvalue weighted by molar-refractivity contribution is 7.99. The van der Waals surface area contributed by atoms with E-state index in [0.717, 1.165) is 30.2 Å². The lowest BCUT2D eigenvalue weighted by molar-refractivity contribution is -0.127. The number of phenolic OH excluding ortho intramolecular Hbond substituents is 1. The van der Waals surface area contributed by atoms with Crippen molar-refractivity contribution in [2.75, 3.05) is 18.8 Å². The number of hydrogen-bond donors (Lipinski definition) is 1. The van der Waals surface area contributed by atoms with Crippen LogP contribution in [0.15, 0.2) is 29.2 Å². The highest BCUT2D eigenvalue weighted by atomic mass is 32.2. The van der Waals surface area contributed by atoms with E-state index in [0.29, 0.717) is 12.2 Å². The molecule has 3 nitrogen and oxygen atoms in total. The summed E-state index contributed by atoms with van der Waals surface area (Å²) in [5, 5.41) is 9.55. The molecule has 0 spiro atoms. The second-order valence-corrected chi connectivity index (χ2v) is 4.94. The molecule has 1 fully saturated rings. The summed E-state index contributed by atoms with van der Waals surface area (Å²) in [4.78, 5) is 14.1. The number of hydrogen-bond acceptors (Lipinski definition) is 3. The number of phenols is 1. The number of para-hydroxylation sites is 1. The van der Waals surface area contributed by atoms with Gasteiger partial charge in [0.05, 0.1) is 0 Å². The maximum atomic E-state index is 11.4. The van der Waals surface area contributed by atoms with E-state index in [1.54, 1.807) is 17.8 Å². The Morgan fingerprint density at radius 1 is 1.38 bits per heavy atom. The van der Waals surface area contributed by atoms with Crippen LogP contribution in [0.2, 0.25) is 0 Å².